The van der Waals surface area contributed by atoms with Crippen LogP contribution in [0, 0.1) is 23.2 Å². The number of carbonyl (C=O) groups is 1. The second-order valence-electron chi connectivity index (χ2n) is 12.2. The van der Waals surface area contributed by atoms with E-state index in [1.807, 2.05) is 0 Å². The average Bonchev–Trinajstić information content (AvgIpc) is 3.01. The number of ketones is 1. The molecule has 0 amide bonds. The summed E-state index contributed by atoms with van der Waals surface area (Å²) in [5.74, 6) is 3.09. The van der Waals surface area contributed by atoms with Crippen molar-refractivity contribution in [2.75, 3.05) is 0 Å². The summed E-state index contributed by atoms with van der Waals surface area (Å²) in [5.41, 5.74) is 7.27. The minimum atomic E-state index is 0.138. The molecule has 5 aliphatic rings. The van der Waals surface area contributed by atoms with Crippen molar-refractivity contribution >= 4 is 11.9 Å². The monoisotopic (exact) mass is 410 g/mol. The van der Waals surface area contributed by atoms with Crippen LogP contribution in [-0.4, -0.2) is 5.78 Å². The van der Waals surface area contributed by atoms with Crippen LogP contribution in [-0.2, 0) is 5.41 Å². The predicted molar refractivity (Wildman–Crippen MR) is 128 cm³/mol. The molecule has 0 N–H and O–H groups in total. The molecule has 5 aliphatic carbocycles. The van der Waals surface area contributed by atoms with Crippen LogP contribution in [0.5, 0.6) is 0 Å². The van der Waals surface area contributed by atoms with E-state index in [1.54, 1.807) is 0 Å². The molecule has 0 heterocycles. The fourth-order valence-electron chi connectivity index (χ4n) is 7.79. The van der Waals surface area contributed by atoms with Crippen molar-refractivity contribution in [2.24, 2.45) is 23.2 Å². The van der Waals surface area contributed by atoms with Crippen LogP contribution >= 0.6 is 0 Å². The lowest BCUT2D eigenvalue weighted by Crippen LogP contribution is -2.46. The Bertz CT molecular complexity index is 1040. The molecule has 2 aromatic carbocycles. The number of fused-ring (bicyclic) bond motifs is 1. The van der Waals surface area contributed by atoms with Gasteiger partial charge in [-0.15, -0.1) is 0 Å². The van der Waals surface area contributed by atoms with Gasteiger partial charge < -0.3 is 0 Å². The number of allylic oxidation sites excluding steroid dienone is 1. The van der Waals surface area contributed by atoms with Crippen molar-refractivity contribution < 1.29 is 4.79 Å². The standard InChI is InChI=1S/C30H34O/c1-29(2,3)25-9-7-22(8-10-25)26-6-4-5-23-14-24(28(31)27(23)26)18-30-15-19-11-20(16-30)13-21(12-19)17-30/h4-10,14,19-21H,11-13,15-18H2,1-3H3. The molecule has 0 unspecified atom stereocenters. The molecule has 2 aromatic rings. The van der Waals surface area contributed by atoms with Crippen LogP contribution < -0.4 is 0 Å². The van der Waals surface area contributed by atoms with Gasteiger partial charge in [0.2, 0.25) is 0 Å². The molecule has 0 aliphatic heterocycles. The third-order valence-corrected chi connectivity index (χ3v) is 8.74. The normalized spacial score (nSPS) is 31.1. The van der Waals surface area contributed by atoms with E-state index < -0.39 is 0 Å². The lowest BCUT2D eigenvalue weighted by molar-refractivity contribution is -0.0517. The number of hydrogen-bond acceptors (Lipinski definition) is 1. The van der Waals surface area contributed by atoms with Gasteiger partial charge in [0.1, 0.15) is 0 Å². The lowest BCUT2D eigenvalue weighted by Gasteiger charge is -2.57. The van der Waals surface area contributed by atoms with Gasteiger partial charge in [0, 0.05) is 11.1 Å². The van der Waals surface area contributed by atoms with Crippen molar-refractivity contribution in [1.29, 1.82) is 0 Å². The quantitative estimate of drug-likeness (QED) is 0.504. The lowest BCUT2D eigenvalue weighted by atomic mass is 9.48. The molecule has 0 radical (unpaired) electrons. The van der Waals surface area contributed by atoms with E-state index in [-0.39, 0.29) is 5.41 Å². The van der Waals surface area contributed by atoms with Crippen molar-refractivity contribution in [2.45, 2.75) is 71.1 Å². The van der Waals surface area contributed by atoms with Crippen LogP contribution in [0.25, 0.3) is 17.2 Å². The first kappa shape index (κ1) is 19.5. The van der Waals surface area contributed by atoms with Gasteiger partial charge in [0.05, 0.1) is 0 Å². The van der Waals surface area contributed by atoms with E-state index in [2.05, 4.69) is 69.3 Å². The van der Waals surface area contributed by atoms with Gasteiger partial charge in [-0.05, 0) is 102 Å². The molecule has 0 spiro atoms. The van der Waals surface area contributed by atoms with Crippen molar-refractivity contribution in [3.63, 3.8) is 0 Å². The van der Waals surface area contributed by atoms with Crippen LogP contribution in [0.4, 0.5) is 0 Å². The first-order chi connectivity index (χ1) is 14.8. The minimum Gasteiger partial charge on any atom is -0.289 e. The van der Waals surface area contributed by atoms with Gasteiger partial charge in [-0.1, -0.05) is 63.2 Å². The first-order valence-corrected chi connectivity index (χ1v) is 12.3. The average molecular weight is 411 g/mol. The Morgan fingerprint density at radius 2 is 1.48 bits per heavy atom. The van der Waals surface area contributed by atoms with Crippen molar-refractivity contribution in [3.8, 4) is 11.1 Å². The molecule has 31 heavy (non-hydrogen) atoms. The fraction of sp³-hybridized carbons (Fsp3) is 0.500. The number of carbonyl (C=O) groups excluding carboxylic acids is 1. The van der Waals surface area contributed by atoms with Gasteiger partial charge in [-0.3, -0.25) is 4.79 Å². The Kier molecular flexibility index (Phi) is 4.20. The van der Waals surface area contributed by atoms with Gasteiger partial charge >= 0.3 is 0 Å². The summed E-state index contributed by atoms with van der Waals surface area (Å²) >= 11 is 0. The summed E-state index contributed by atoms with van der Waals surface area (Å²) in [5, 5.41) is 0. The van der Waals surface area contributed by atoms with Crippen molar-refractivity contribution in [3.05, 3.63) is 64.7 Å². The molecule has 160 valence electrons. The molecule has 4 fully saturated rings. The highest BCUT2D eigenvalue weighted by Crippen LogP contribution is 2.62. The molecular weight excluding hydrogens is 376 g/mol. The van der Waals surface area contributed by atoms with Crippen molar-refractivity contribution in [1.82, 2.24) is 0 Å². The number of Topliss-reactive ketones (excluding diaryl/α,β-unsaturated/α-hetero) is 1. The molecule has 1 heteroatoms. The third kappa shape index (κ3) is 3.23. The van der Waals surface area contributed by atoms with E-state index in [9.17, 15) is 4.79 Å². The van der Waals surface area contributed by atoms with E-state index in [1.165, 1.54) is 44.1 Å². The summed E-state index contributed by atoms with van der Waals surface area (Å²) in [7, 11) is 0. The first-order valence-electron chi connectivity index (χ1n) is 12.3. The van der Waals surface area contributed by atoms with E-state index in [0.29, 0.717) is 11.2 Å². The molecule has 7 rings (SSSR count). The highest BCUT2D eigenvalue weighted by atomic mass is 16.1. The van der Waals surface area contributed by atoms with Crippen LogP contribution in [0.1, 0.15) is 87.2 Å². The molecule has 0 aromatic heterocycles. The highest BCUT2D eigenvalue weighted by Gasteiger charge is 2.51. The zero-order chi connectivity index (χ0) is 21.4. The predicted octanol–water partition coefficient (Wildman–Crippen LogP) is 7.84. The van der Waals surface area contributed by atoms with E-state index in [0.717, 1.165) is 52.0 Å². The number of rotatable bonds is 3. The Balaban J connectivity index is 1.30. The maximum atomic E-state index is 13.7. The molecule has 0 atom stereocenters. The number of hydrogen-bond donors (Lipinski definition) is 0. The van der Waals surface area contributed by atoms with Gasteiger partial charge in [-0.25, -0.2) is 0 Å². The maximum absolute atomic E-state index is 13.7. The molecule has 4 bridgehead atoms. The summed E-state index contributed by atoms with van der Waals surface area (Å²) in [6.07, 6.45) is 11.7. The Morgan fingerprint density at radius 3 is 2.06 bits per heavy atom. The van der Waals surface area contributed by atoms with E-state index in [4.69, 9.17) is 0 Å². The van der Waals surface area contributed by atoms with E-state index >= 15 is 0 Å². The Hall–Kier alpha value is -2.15. The molecule has 0 saturated heterocycles. The second kappa shape index (κ2) is 6.67. The van der Waals surface area contributed by atoms with Gasteiger partial charge in [-0.2, -0.15) is 0 Å². The molecular formula is C30H34O. The summed E-state index contributed by atoms with van der Waals surface area (Å²) in [6, 6.07) is 15.2. The largest absolute Gasteiger partial charge is 0.289 e. The van der Waals surface area contributed by atoms with Gasteiger partial charge in [0.15, 0.2) is 5.78 Å². The minimum absolute atomic E-state index is 0.138. The summed E-state index contributed by atoms with van der Waals surface area (Å²) in [4.78, 5) is 13.7. The van der Waals surface area contributed by atoms with Crippen LogP contribution in [0.3, 0.4) is 0 Å². The number of benzene rings is 2. The zero-order valence-corrected chi connectivity index (χ0v) is 19.2. The zero-order valence-electron chi connectivity index (χ0n) is 19.2. The second-order valence-corrected chi connectivity index (χ2v) is 12.2. The molecule has 1 nitrogen and oxygen atoms in total. The van der Waals surface area contributed by atoms with Gasteiger partial charge in [0.25, 0.3) is 0 Å². The third-order valence-electron chi connectivity index (χ3n) is 8.74. The fourth-order valence-corrected chi connectivity index (χ4v) is 7.79. The highest BCUT2D eigenvalue weighted by molar-refractivity contribution is 6.21. The Morgan fingerprint density at radius 1 is 0.871 bits per heavy atom. The summed E-state index contributed by atoms with van der Waals surface area (Å²) < 4.78 is 0. The topological polar surface area (TPSA) is 17.1 Å². The van der Waals surface area contributed by atoms with Crippen LogP contribution in [0.2, 0.25) is 0 Å². The van der Waals surface area contributed by atoms with Crippen LogP contribution in [0.15, 0.2) is 48.0 Å². The SMILES string of the molecule is CC(C)(C)c1ccc(-c2cccc3c2C(=O)C(CC24CC5CC(CC(C5)C2)C4)=C3)cc1. The maximum Gasteiger partial charge on any atom is 0.190 e. The smallest absolute Gasteiger partial charge is 0.190 e. The molecule has 4 saturated carbocycles. The Labute approximate surface area is 187 Å². The summed E-state index contributed by atoms with van der Waals surface area (Å²) in [6.45, 7) is 6.73.